The van der Waals surface area contributed by atoms with Gasteiger partial charge >= 0.3 is 5.97 Å². The Hall–Kier alpha value is -2.57. The zero-order chi connectivity index (χ0) is 16.4. The Morgan fingerprint density at radius 1 is 1.18 bits per heavy atom. The highest BCUT2D eigenvalue weighted by Gasteiger charge is 2.12. The van der Waals surface area contributed by atoms with Crippen molar-refractivity contribution in [3.05, 3.63) is 29.8 Å². The fourth-order valence-electron chi connectivity index (χ4n) is 1.72. The number of hydrogen-bond acceptors (Lipinski definition) is 4. The Bertz CT molecular complexity index is 530. The number of benzene rings is 1. The monoisotopic (exact) mass is 308 g/mol. The second-order valence-corrected chi connectivity index (χ2v) is 4.46. The van der Waals surface area contributed by atoms with Crippen LogP contribution >= 0.6 is 0 Å². The van der Waals surface area contributed by atoms with Gasteiger partial charge in [-0.3, -0.25) is 14.4 Å². The number of carboxylic acid groups (broad SMARTS) is 1. The van der Waals surface area contributed by atoms with Gasteiger partial charge in [-0.1, -0.05) is 12.1 Å². The molecule has 0 fully saturated rings. The van der Waals surface area contributed by atoms with E-state index in [-0.39, 0.29) is 25.4 Å². The number of para-hydroxylation sites is 1. The van der Waals surface area contributed by atoms with Gasteiger partial charge in [-0.2, -0.15) is 0 Å². The Kier molecular flexibility index (Phi) is 7.45. The van der Waals surface area contributed by atoms with Gasteiger partial charge in [0, 0.05) is 13.0 Å². The summed E-state index contributed by atoms with van der Waals surface area (Å²) in [6.07, 6.45) is 0.344. The number of carbonyl (C=O) groups is 3. The predicted octanol–water partition coefficient (Wildman–Crippen LogP) is 0.796. The van der Waals surface area contributed by atoms with E-state index in [4.69, 9.17) is 9.84 Å². The van der Waals surface area contributed by atoms with Gasteiger partial charge in [-0.05, 0) is 25.5 Å². The molecule has 0 radical (unpaired) electrons. The van der Waals surface area contributed by atoms with Gasteiger partial charge in [0.25, 0.3) is 5.91 Å². The summed E-state index contributed by atoms with van der Waals surface area (Å²) in [5.41, 5.74) is 0.364. The van der Waals surface area contributed by atoms with E-state index in [0.717, 1.165) is 0 Å². The maximum absolute atomic E-state index is 12.0. The molecule has 7 nitrogen and oxygen atoms in total. The molecule has 0 atom stereocenters. The molecule has 1 aromatic carbocycles. The lowest BCUT2D eigenvalue weighted by Gasteiger charge is -2.10. The molecule has 0 aromatic heterocycles. The average molecular weight is 308 g/mol. The number of hydrogen-bond donors (Lipinski definition) is 3. The molecule has 0 bridgehead atoms. The molecule has 0 aliphatic rings. The number of rotatable bonds is 9. The van der Waals surface area contributed by atoms with Crippen LogP contribution in [-0.4, -0.2) is 42.6 Å². The molecule has 22 heavy (non-hydrogen) atoms. The van der Waals surface area contributed by atoms with Crippen LogP contribution in [0.4, 0.5) is 0 Å². The normalized spacial score (nSPS) is 9.86. The maximum Gasteiger partial charge on any atom is 0.303 e. The number of aliphatic carboxylic acids is 1. The molecule has 0 saturated carbocycles. The van der Waals surface area contributed by atoms with Crippen molar-refractivity contribution in [1.29, 1.82) is 0 Å². The lowest BCUT2D eigenvalue weighted by molar-refractivity contribution is -0.137. The molecule has 7 heteroatoms. The van der Waals surface area contributed by atoms with Gasteiger partial charge in [0.2, 0.25) is 5.91 Å². The highest BCUT2D eigenvalue weighted by atomic mass is 16.5. The predicted molar refractivity (Wildman–Crippen MR) is 79.8 cm³/mol. The fraction of sp³-hybridized carbons (Fsp3) is 0.400. The van der Waals surface area contributed by atoms with Crippen molar-refractivity contribution >= 4 is 17.8 Å². The molecule has 0 saturated heterocycles. The highest BCUT2D eigenvalue weighted by Crippen LogP contribution is 2.17. The smallest absolute Gasteiger partial charge is 0.303 e. The Morgan fingerprint density at radius 3 is 2.59 bits per heavy atom. The van der Waals surface area contributed by atoms with Gasteiger partial charge in [0.05, 0.1) is 18.7 Å². The summed E-state index contributed by atoms with van der Waals surface area (Å²) >= 11 is 0. The first-order valence-corrected chi connectivity index (χ1v) is 7.03. The lowest BCUT2D eigenvalue weighted by Crippen LogP contribution is -2.37. The van der Waals surface area contributed by atoms with E-state index < -0.39 is 11.9 Å². The van der Waals surface area contributed by atoms with Crippen LogP contribution in [0.1, 0.15) is 30.1 Å². The molecule has 3 N–H and O–H groups in total. The topological polar surface area (TPSA) is 105 Å². The Morgan fingerprint density at radius 2 is 1.91 bits per heavy atom. The van der Waals surface area contributed by atoms with Crippen LogP contribution in [0.3, 0.4) is 0 Å². The van der Waals surface area contributed by atoms with E-state index in [1.165, 1.54) is 0 Å². The number of carboxylic acids is 1. The van der Waals surface area contributed by atoms with Crippen LogP contribution in [0, 0.1) is 0 Å². The van der Waals surface area contributed by atoms with Crippen molar-refractivity contribution in [3.63, 3.8) is 0 Å². The van der Waals surface area contributed by atoms with Crippen molar-refractivity contribution in [3.8, 4) is 5.75 Å². The first-order valence-electron chi connectivity index (χ1n) is 7.03. The standard InChI is InChI=1S/C15H20N2O5/c1-2-22-12-7-4-3-6-11(12)15(21)17-10-13(18)16-9-5-8-14(19)20/h3-4,6-7H,2,5,8-10H2,1H3,(H,16,18)(H,17,21)(H,19,20). The molecule has 2 amide bonds. The minimum atomic E-state index is -0.907. The molecule has 1 aromatic rings. The minimum absolute atomic E-state index is 0.00558. The van der Waals surface area contributed by atoms with Crippen LogP contribution in [-0.2, 0) is 9.59 Å². The number of ether oxygens (including phenoxy) is 1. The van der Waals surface area contributed by atoms with Crippen molar-refractivity contribution in [2.24, 2.45) is 0 Å². The minimum Gasteiger partial charge on any atom is -0.493 e. The molecule has 0 aliphatic carbocycles. The van der Waals surface area contributed by atoms with Crippen molar-refractivity contribution < 1.29 is 24.2 Å². The number of carbonyl (C=O) groups excluding carboxylic acids is 2. The van der Waals surface area contributed by atoms with Crippen LogP contribution in [0.2, 0.25) is 0 Å². The summed E-state index contributed by atoms with van der Waals surface area (Å²) < 4.78 is 5.35. The third-order valence-electron chi connectivity index (χ3n) is 2.73. The molecule has 0 heterocycles. The largest absolute Gasteiger partial charge is 0.493 e. The quantitative estimate of drug-likeness (QED) is 0.585. The third kappa shape index (κ3) is 6.25. The van der Waals surface area contributed by atoms with Gasteiger partial charge in [-0.25, -0.2) is 0 Å². The first kappa shape index (κ1) is 17.5. The van der Waals surface area contributed by atoms with Crippen molar-refractivity contribution in [1.82, 2.24) is 10.6 Å². The van der Waals surface area contributed by atoms with E-state index in [1.807, 2.05) is 6.92 Å². The molecular weight excluding hydrogens is 288 g/mol. The number of nitrogens with one attached hydrogen (secondary N) is 2. The number of amides is 2. The molecular formula is C15H20N2O5. The van der Waals surface area contributed by atoms with E-state index >= 15 is 0 Å². The first-order chi connectivity index (χ1) is 10.5. The molecule has 0 spiro atoms. The van der Waals surface area contributed by atoms with Gasteiger partial charge in [0.15, 0.2) is 0 Å². The fourth-order valence-corrected chi connectivity index (χ4v) is 1.72. The molecule has 120 valence electrons. The van der Waals surface area contributed by atoms with Crippen LogP contribution in [0.15, 0.2) is 24.3 Å². The summed E-state index contributed by atoms with van der Waals surface area (Å²) in [7, 11) is 0. The Balaban J connectivity index is 2.39. The van der Waals surface area contributed by atoms with Gasteiger partial charge in [0.1, 0.15) is 5.75 Å². The summed E-state index contributed by atoms with van der Waals surface area (Å²) in [4.78, 5) is 33.9. The highest BCUT2D eigenvalue weighted by molar-refractivity contribution is 5.98. The van der Waals surface area contributed by atoms with Crippen molar-refractivity contribution in [2.75, 3.05) is 19.7 Å². The average Bonchev–Trinajstić information content (AvgIpc) is 2.50. The SMILES string of the molecule is CCOc1ccccc1C(=O)NCC(=O)NCCCC(=O)O. The van der Waals surface area contributed by atoms with Crippen LogP contribution < -0.4 is 15.4 Å². The van der Waals surface area contributed by atoms with Gasteiger partial charge < -0.3 is 20.5 Å². The van der Waals surface area contributed by atoms with E-state index in [9.17, 15) is 14.4 Å². The maximum atomic E-state index is 12.0. The second kappa shape index (κ2) is 9.38. The van der Waals surface area contributed by atoms with E-state index in [1.54, 1.807) is 24.3 Å². The van der Waals surface area contributed by atoms with Crippen molar-refractivity contribution in [2.45, 2.75) is 19.8 Å². The molecule has 1 rings (SSSR count). The summed E-state index contributed by atoms with van der Waals surface area (Å²) in [5, 5.41) is 13.5. The van der Waals surface area contributed by atoms with Crippen LogP contribution in [0.25, 0.3) is 0 Å². The summed E-state index contributed by atoms with van der Waals surface area (Å²) in [6, 6.07) is 6.77. The van der Waals surface area contributed by atoms with E-state index in [2.05, 4.69) is 10.6 Å². The summed E-state index contributed by atoms with van der Waals surface area (Å²) in [5.74, 6) is -1.21. The molecule has 0 unspecified atom stereocenters. The zero-order valence-corrected chi connectivity index (χ0v) is 12.4. The van der Waals surface area contributed by atoms with Gasteiger partial charge in [-0.15, -0.1) is 0 Å². The Labute approximate surface area is 128 Å². The lowest BCUT2D eigenvalue weighted by atomic mass is 10.2. The van der Waals surface area contributed by atoms with Crippen LogP contribution in [0.5, 0.6) is 5.75 Å². The zero-order valence-electron chi connectivity index (χ0n) is 12.4. The summed E-state index contributed by atoms with van der Waals surface area (Å²) in [6.45, 7) is 2.34. The second-order valence-electron chi connectivity index (χ2n) is 4.46. The van der Waals surface area contributed by atoms with E-state index in [0.29, 0.717) is 24.3 Å². The third-order valence-corrected chi connectivity index (χ3v) is 2.73. The molecule has 0 aliphatic heterocycles.